The summed E-state index contributed by atoms with van der Waals surface area (Å²) >= 11 is 0. The zero-order valence-electron chi connectivity index (χ0n) is 13.1. The number of hydrogen-bond donors (Lipinski definition) is 1. The second kappa shape index (κ2) is 5.83. The van der Waals surface area contributed by atoms with Gasteiger partial charge in [-0.1, -0.05) is 0 Å². The SMILES string of the molecule is CC(C)(C)OC(=O)N1CC2(CCOCC2)CC1CC(=O)O. The van der Waals surface area contributed by atoms with Gasteiger partial charge in [-0.3, -0.25) is 4.79 Å². The van der Waals surface area contributed by atoms with Gasteiger partial charge >= 0.3 is 12.1 Å². The van der Waals surface area contributed by atoms with Crippen LogP contribution in [0.15, 0.2) is 0 Å². The average molecular weight is 299 g/mol. The van der Waals surface area contributed by atoms with Crippen molar-refractivity contribution in [3.05, 3.63) is 0 Å². The van der Waals surface area contributed by atoms with Crippen LogP contribution in [0.4, 0.5) is 4.79 Å². The molecule has 2 aliphatic rings. The number of carboxylic acids is 1. The number of nitrogens with zero attached hydrogens (tertiary/aromatic N) is 1. The minimum Gasteiger partial charge on any atom is -0.481 e. The van der Waals surface area contributed by atoms with Gasteiger partial charge in [-0.15, -0.1) is 0 Å². The molecule has 0 radical (unpaired) electrons. The molecule has 1 N–H and O–H groups in total. The Kier molecular flexibility index (Phi) is 4.46. The third-order valence-corrected chi connectivity index (χ3v) is 4.21. The van der Waals surface area contributed by atoms with E-state index in [1.54, 1.807) is 4.90 Å². The van der Waals surface area contributed by atoms with E-state index in [0.717, 1.165) is 19.3 Å². The smallest absolute Gasteiger partial charge is 0.410 e. The first-order chi connectivity index (χ1) is 9.71. The summed E-state index contributed by atoms with van der Waals surface area (Å²) in [4.78, 5) is 25.1. The fraction of sp³-hybridized carbons (Fsp3) is 0.867. The molecule has 1 unspecified atom stereocenters. The van der Waals surface area contributed by atoms with Gasteiger partial charge in [-0.2, -0.15) is 0 Å². The number of ether oxygens (including phenoxy) is 2. The molecular weight excluding hydrogens is 274 g/mol. The lowest BCUT2D eigenvalue weighted by Gasteiger charge is -2.33. The van der Waals surface area contributed by atoms with Crippen LogP contribution in [0.2, 0.25) is 0 Å². The Morgan fingerprint density at radius 2 is 1.95 bits per heavy atom. The molecule has 21 heavy (non-hydrogen) atoms. The highest BCUT2D eigenvalue weighted by Crippen LogP contribution is 2.44. The predicted molar refractivity (Wildman–Crippen MR) is 76.1 cm³/mol. The first-order valence-electron chi connectivity index (χ1n) is 7.50. The highest BCUT2D eigenvalue weighted by molar-refractivity contribution is 5.72. The summed E-state index contributed by atoms with van der Waals surface area (Å²) in [5.74, 6) is -0.877. The number of likely N-dealkylation sites (tertiary alicyclic amines) is 1. The van der Waals surface area contributed by atoms with Crippen molar-refractivity contribution in [3.63, 3.8) is 0 Å². The second-order valence-electron chi connectivity index (χ2n) is 7.18. The van der Waals surface area contributed by atoms with Gasteiger partial charge in [0.05, 0.1) is 6.42 Å². The third kappa shape index (κ3) is 4.09. The van der Waals surface area contributed by atoms with Crippen molar-refractivity contribution < 1.29 is 24.2 Å². The van der Waals surface area contributed by atoms with Crippen LogP contribution < -0.4 is 0 Å². The van der Waals surface area contributed by atoms with Gasteiger partial charge in [-0.05, 0) is 45.4 Å². The highest BCUT2D eigenvalue weighted by Gasteiger charge is 2.48. The van der Waals surface area contributed by atoms with Gasteiger partial charge in [0.15, 0.2) is 0 Å². The van der Waals surface area contributed by atoms with Gasteiger partial charge in [0, 0.05) is 25.8 Å². The maximum atomic E-state index is 12.4. The lowest BCUT2D eigenvalue weighted by Crippen LogP contribution is -2.41. The molecule has 0 aromatic heterocycles. The van der Waals surface area contributed by atoms with Crippen molar-refractivity contribution in [2.75, 3.05) is 19.8 Å². The Hall–Kier alpha value is -1.30. The molecule has 1 spiro atoms. The lowest BCUT2D eigenvalue weighted by molar-refractivity contribution is -0.138. The average Bonchev–Trinajstić information content (AvgIpc) is 2.65. The largest absolute Gasteiger partial charge is 0.481 e. The molecule has 0 aromatic carbocycles. The highest BCUT2D eigenvalue weighted by atomic mass is 16.6. The van der Waals surface area contributed by atoms with Crippen molar-refractivity contribution >= 4 is 12.1 Å². The number of carbonyl (C=O) groups is 2. The van der Waals surface area contributed by atoms with E-state index in [0.29, 0.717) is 19.8 Å². The minimum absolute atomic E-state index is 0.00469. The molecule has 6 heteroatoms. The van der Waals surface area contributed by atoms with Gasteiger partial charge in [0.25, 0.3) is 0 Å². The van der Waals surface area contributed by atoms with Crippen molar-refractivity contribution in [2.45, 2.75) is 58.1 Å². The van der Waals surface area contributed by atoms with Crippen molar-refractivity contribution in [3.8, 4) is 0 Å². The van der Waals surface area contributed by atoms with Crippen molar-refractivity contribution in [1.82, 2.24) is 4.90 Å². The minimum atomic E-state index is -0.877. The van der Waals surface area contributed by atoms with Crippen molar-refractivity contribution in [1.29, 1.82) is 0 Å². The molecule has 0 bridgehead atoms. The van der Waals surface area contributed by atoms with Gasteiger partial charge in [-0.25, -0.2) is 4.79 Å². The van der Waals surface area contributed by atoms with E-state index in [1.807, 2.05) is 20.8 Å². The first kappa shape index (κ1) is 16.1. The molecule has 0 saturated carbocycles. The zero-order chi connectivity index (χ0) is 15.7. The van der Waals surface area contributed by atoms with Crippen LogP contribution in [-0.2, 0) is 14.3 Å². The number of hydrogen-bond acceptors (Lipinski definition) is 4. The number of rotatable bonds is 2. The fourth-order valence-electron chi connectivity index (χ4n) is 3.25. The molecule has 0 aromatic rings. The van der Waals surface area contributed by atoms with Crippen LogP contribution >= 0.6 is 0 Å². The van der Waals surface area contributed by atoms with E-state index in [9.17, 15) is 9.59 Å². The molecule has 1 amide bonds. The van der Waals surface area contributed by atoms with Crippen LogP contribution in [0.25, 0.3) is 0 Å². The fourth-order valence-corrected chi connectivity index (χ4v) is 3.25. The maximum absolute atomic E-state index is 12.4. The zero-order valence-corrected chi connectivity index (χ0v) is 13.1. The first-order valence-corrected chi connectivity index (χ1v) is 7.50. The Morgan fingerprint density at radius 1 is 1.33 bits per heavy atom. The molecule has 2 rings (SSSR count). The van der Waals surface area contributed by atoms with E-state index in [4.69, 9.17) is 14.6 Å². The summed E-state index contributed by atoms with van der Waals surface area (Å²) in [6, 6.07) is -0.282. The number of aliphatic carboxylic acids is 1. The molecule has 2 saturated heterocycles. The third-order valence-electron chi connectivity index (χ3n) is 4.21. The Labute approximate surface area is 125 Å². The van der Waals surface area contributed by atoms with Crippen LogP contribution in [0, 0.1) is 5.41 Å². The quantitative estimate of drug-likeness (QED) is 0.846. The summed E-state index contributed by atoms with van der Waals surface area (Å²) in [5, 5.41) is 9.09. The van der Waals surface area contributed by atoms with E-state index in [-0.39, 0.29) is 17.9 Å². The lowest BCUT2D eigenvalue weighted by atomic mass is 9.78. The molecule has 120 valence electrons. The molecule has 2 aliphatic heterocycles. The molecule has 1 atom stereocenters. The van der Waals surface area contributed by atoms with Gasteiger partial charge in [0.2, 0.25) is 0 Å². The molecule has 2 fully saturated rings. The normalized spacial score (nSPS) is 25.1. The van der Waals surface area contributed by atoms with E-state index in [2.05, 4.69) is 0 Å². The standard InChI is InChI=1S/C15H25NO5/c1-14(2,3)21-13(19)16-10-15(4-6-20-7-5-15)9-11(16)8-12(17)18/h11H,4-10H2,1-3H3,(H,17,18). The van der Waals surface area contributed by atoms with Crippen LogP contribution in [0.3, 0.4) is 0 Å². The van der Waals surface area contributed by atoms with Gasteiger partial charge < -0.3 is 19.5 Å². The number of amides is 1. The van der Waals surface area contributed by atoms with E-state index in [1.165, 1.54) is 0 Å². The molecule has 2 heterocycles. The topological polar surface area (TPSA) is 76.1 Å². The monoisotopic (exact) mass is 299 g/mol. The summed E-state index contributed by atoms with van der Waals surface area (Å²) in [5.41, 5.74) is -0.578. The maximum Gasteiger partial charge on any atom is 0.410 e. The van der Waals surface area contributed by atoms with E-state index >= 15 is 0 Å². The Morgan fingerprint density at radius 3 is 2.48 bits per heavy atom. The number of carbonyl (C=O) groups excluding carboxylic acids is 1. The van der Waals surface area contributed by atoms with Crippen LogP contribution in [-0.4, -0.2) is 53.5 Å². The summed E-state index contributed by atoms with van der Waals surface area (Å²) in [6.07, 6.45) is 2.05. The molecular formula is C15H25NO5. The van der Waals surface area contributed by atoms with Crippen LogP contribution in [0.5, 0.6) is 0 Å². The van der Waals surface area contributed by atoms with Gasteiger partial charge in [0.1, 0.15) is 5.60 Å². The Bertz CT molecular complexity index is 409. The van der Waals surface area contributed by atoms with Crippen LogP contribution in [0.1, 0.15) is 46.5 Å². The van der Waals surface area contributed by atoms with Crippen molar-refractivity contribution in [2.24, 2.45) is 5.41 Å². The molecule has 6 nitrogen and oxygen atoms in total. The van der Waals surface area contributed by atoms with E-state index < -0.39 is 17.7 Å². The predicted octanol–water partition coefficient (Wildman–Crippen LogP) is 2.27. The summed E-state index contributed by atoms with van der Waals surface area (Å²) in [7, 11) is 0. The summed E-state index contributed by atoms with van der Waals surface area (Å²) in [6.45, 7) is 7.39. The molecule has 0 aliphatic carbocycles. The Balaban J connectivity index is 2.11. The number of carboxylic acid groups (broad SMARTS) is 1. The second-order valence-corrected chi connectivity index (χ2v) is 7.18. The summed E-state index contributed by atoms with van der Waals surface area (Å²) < 4.78 is 10.8.